The summed E-state index contributed by atoms with van der Waals surface area (Å²) in [6.07, 6.45) is 18.1. The second kappa shape index (κ2) is 13.4. The quantitative estimate of drug-likeness (QED) is 0.179. The van der Waals surface area contributed by atoms with Crippen LogP contribution in [0.4, 0.5) is 0 Å². The molecule has 0 fully saturated rings. The average Bonchev–Trinajstić information content (AvgIpc) is 2.54. The Hall–Kier alpha value is -0.730. The molecule has 156 valence electrons. The van der Waals surface area contributed by atoms with Crippen LogP contribution in [0.2, 0.25) is 0 Å². The van der Waals surface area contributed by atoms with Crippen LogP contribution in [-0.4, -0.2) is 11.5 Å². The third-order valence-corrected chi connectivity index (χ3v) is 6.71. The molecule has 0 aliphatic rings. The second-order valence-corrected chi connectivity index (χ2v) is 9.40. The van der Waals surface area contributed by atoms with Crippen molar-refractivity contribution in [3.8, 4) is 0 Å². The first kappa shape index (κ1) is 25.3. The van der Waals surface area contributed by atoms with Gasteiger partial charge in [-0.2, -0.15) is 0 Å². The van der Waals surface area contributed by atoms with E-state index >= 15 is 0 Å². The molecular weight excluding hydrogens is 318 g/mol. The first-order valence-corrected chi connectivity index (χ1v) is 11.3. The van der Waals surface area contributed by atoms with Crippen molar-refractivity contribution < 1.29 is 0 Å². The van der Waals surface area contributed by atoms with Crippen LogP contribution >= 0.6 is 0 Å². The predicted molar refractivity (Wildman–Crippen MR) is 119 cm³/mol. The molecule has 0 aromatic rings. The van der Waals surface area contributed by atoms with Crippen molar-refractivity contribution in [2.24, 2.45) is 27.8 Å². The SMILES string of the molecule is CCCCCCCCCCCCCCC(C)C(C)(C)C(C)(C)N=C(N)N. The van der Waals surface area contributed by atoms with Crippen LogP contribution in [-0.2, 0) is 0 Å². The zero-order valence-electron chi connectivity index (χ0n) is 18.9. The zero-order chi connectivity index (χ0) is 20.1. The standard InChI is InChI=1S/C23H49N3/c1-7-8-9-10-11-12-13-14-15-16-17-18-19-20(2)22(3,4)23(5,6)26-21(24)25/h20H,7-19H2,1-6H3,(H4,24,25,26). The molecule has 0 rings (SSSR count). The van der Waals surface area contributed by atoms with E-state index in [1.165, 1.54) is 83.5 Å². The van der Waals surface area contributed by atoms with Crippen molar-refractivity contribution in [2.45, 2.75) is 131 Å². The normalized spacial score (nSPS) is 13.6. The Morgan fingerprint density at radius 3 is 1.50 bits per heavy atom. The van der Waals surface area contributed by atoms with E-state index in [0.717, 1.165) is 0 Å². The number of nitrogens with zero attached hydrogens (tertiary/aromatic N) is 1. The zero-order valence-corrected chi connectivity index (χ0v) is 18.9. The molecule has 4 N–H and O–H groups in total. The topological polar surface area (TPSA) is 64.4 Å². The highest BCUT2D eigenvalue weighted by molar-refractivity contribution is 5.76. The Kier molecular flexibility index (Phi) is 13.1. The number of rotatable bonds is 16. The summed E-state index contributed by atoms with van der Waals surface area (Å²) in [6.45, 7) is 13.5. The molecule has 0 spiro atoms. The molecule has 0 aliphatic heterocycles. The highest BCUT2D eigenvalue weighted by Gasteiger charge is 2.40. The van der Waals surface area contributed by atoms with E-state index in [-0.39, 0.29) is 16.9 Å². The van der Waals surface area contributed by atoms with Gasteiger partial charge in [0, 0.05) is 0 Å². The third kappa shape index (κ3) is 10.4. The monoisotopic (exact) mass is 367 g/mol. The highest BCUT2D eigenvalue weighted by Crippen LogP contribution is 2.42. The lowest BCUT2D eigenvalue weighted by molar-refractivity contribution is 0.112. The average molecular weight is 368 g/mol. The lowest BCUT2D eigenvalue weighted by atomic mass is 9.65. The Morgan fingerprint density at radius 2 is 1.12 bits per heavy atom. The van der Waals surface area contributed by atoms with Gasteiger partial charge in [-0.1, -0.05) is 111 Å². The fourth-order valence-electron chi connectivity index (χ4n) is 3.72. The minimum Gasteiger partial charge on any atom is -0.370 e. The van der Waals surface area contributed by atoms with Crippen molar-refractivity contribution in [2.75, 3.05) is 0 Å². The summed E-state index contributed by atoms with van der Waals surface area (Å²) >= 11 is 0. The van der Waals surface area contributed by atoms with Crippen molar-refractivity contribution in [1.82, 2.24) is 0 Å². The number of nitrogens with two attached hydrogens (primary N) is 2. The van der Waals surface area contributed by atoms with Gasteiger partial charge in [0.15, 0.2) is 5.96 Å². The van der Waals surface area contributed by atoms with Crippen molar-refractivity contribution in [1.29, 1.82) is 0 Å². The van der Waals surface area contributed by atoms with Gasteiger partial charge < -0.3 is 11.5 Å². The molecule has 0 saturated heterocycles. The molecule has 26 heavy (non-hydrogen) atoms. The number of guanidine groups is 1. The van der Waals surface area contributed by atoms with Crippen molar-refractivity contribution >= 4 is 5.96 Å². The minimum atomic E-state index is -0.234. The Bertz CT molecular complexity index is 368. The van der Waals surface area contributed by atoms with Gasteiger partial charge in [-0.05, 0) is 25.2 Å². The van der Waals surface area contributed by atoms with E-state index in [9.17, 15) is 0 Å². The summed E-state index contributed by atoms with van der Waals surface area (Å²) < 4.78 is 0. The van der Waals surface area contributed by atoms with Gasteiger partial charge >= 0.3 is 0 Å². The summed E-state index contributed by atoms with van der Waals surface area (Å²) in [4.78, 5) is 4.48. The molecule has 0 aromatic carbocycles. The van der Waals surface area contributed by atoms with Crippen LogP contribution in [0.15, 0.2) is 4.99 Å². The maximum Gasteiger partial charge on any atom is 0.186 e. The van der Waals surface area contributed by atoms with E-state index in [2.05, 4.69) is 46.5 Å². The van der Waals surface area contributed by atoms with Gasteiger partial charge in [0.05, 0.1) is 5.54 Å². The maximum absolute atomic E-state index is 5.62. The lowest BCUT2D eigenvalue weighted by Gasteiger charge is -2.43. The second-order valence-electron chi connectivity index (χ2n) is 9.40. The van der Waals surface area contributed by atoms with Crippen LogP contribution in [0.25, 0.3) is 0 Å². The molecule has 3 nitrogen and oxygen atoms in total. The van der Waals surface area contributed by atoms with Crippen LogP contribution in [0.5, 0.6) is 0 Å². The number of aliphatic imine (C=N–C) groups is 1. The van der Waals surface area contributed by atoms with E-state index in [0.29, 0.717) is 5.92 Å². The van der Waals surface area contributed by atoms with Crippen molar-refractivity contribution in [3.05, 3.63) is 0 Å². The van der Waals surface area contributed by atoms with Gasteiger partial charge in [0.25, 0.3) is 0 Å². The van der Waals surface area contributed by atoms with Gasteiger partial charge in [-0.3, -0.25) is 0 Å². The molecule has 0 bridgehead atoms. The highest BCUT2D eigenvalue weighted by atomic mass is 15.0. The number of hydrogen-bond acceptors (Lipinski definition) is 1. The summed E-state index contributed by atoms with van der Waals surface area (Å²) in [6, 6.07) is 0. The molecule has 0 saturated carbocycles. The molecule has 1 unspecified atom stereocenters. The van der Waals surface area contributed by atoms with Crippen LogP contribution < -0.4 is 11.5 Å². The number of unbranched alkanes of at least 4 members (excludes halogenated alkanes) is 11. The van der Waals surface area contributed by atoms with Gasteiger partial charge in [0.1, 0.15) is 0 Å². The Morgan fingerprint density at radius 1 is 0.731 bits per heavy atom. The molecule has 3 heteroatoms. The van der Waals surface area contributed by atoms with E-state index in [1.807, 2.05) is 0 Å². The number of hydrogen-bond donors (Lipinski definition) is 2. The van der Waals surface area contributed by atoms with Crippen molar-refractivity contribution in [3.63, 3.8) is 0 Å². The Balaban J connectivity index is 3.79. The first-order chi connectivity index (χ1) is 12.1. The molecular formula is C23H49N3. The van der Waals surface area contributed by atoms with Gasteiger partial charge in [0.2, 0.25) is 0 Å². The van der Waals surface area contributed by atoms with Gasteiger partial charge in [-0.25, -0.2) is 4.99 Å². The maximum atomic E-state index is 5.62. The van der Waals surface area contributed by atoms with E-state index in [1.54, 1.807) is 0 Å². The molecule has 0 aliphatic carbocycles. The molecule has 0 radical (unpaired) electrons. The molecule has 0 amide bonds. The van der Waals surface area contributed by atoms with E-state index < -0.39 is 0 Å². The smallest absolute Gasteiger partial charge is 0.186 e. The molecule has 0 aromatic heterocycles. The van der Waals surface area contributed by atoms with Crippen LogP contribution in [0, 0.1) is 11.3 Å². The van der Waals surface area contributed by atoms with E-state index in [4.69, 9.17) is 11.5 Å². The summed E-state index contributed by atoms with van der Waals surface area (Å²) in [5.74, 6) is 0.796. The summed E-state index contributed by atoms with van der Waals surface area (Å²) in [7, 11) is 0. The minimum absolute atomic E-state index is 0.0781. The van der Waals surface area contributed by atoms with Crippen LogP contribution in [0.1, 0.15) is 125 Å². The summed E-state index contributed by atoms with van der Waals surface area (Å²) in [5.41, 5.74) is 11.1. The first-order valence-electron chi connectivity index (χ1n) is 11.3. The predicted octanol–water partition coefficient (Wildman–Crippen LogP) is 6.79. The largest absolute Gasteiger partial charge is 0.370 e. The Labute approximate surface area is 164 Å². The summed E-state index contributed by atoms with van der Waals surface area (Å²) in [5, 5.41) is 0. The fraction of sp³-hybridized carbons (Fsp3) is 0.957. The third-order valence-electron chi connectivity index (χ3n) is 6.71. The van der Waals surface area contributed by atoms with Gasteiger partial charge in [-0.15, -0.1) is 0 Å². The molecule has 0 heterocycles. The fourth-order valence-corrected chi connectivity index (χ4v) is 3.72. The van der Waals surface area contributed by atoms with Crippen LogP contribution in [0.3, 0.4) is 0 Å². The lowest BCUT2D eigenvalue weighted by Crippen LogP contribution is -2.44. The molecule has 1 atom stereocenters.